The second-order valence-electron chi connectivity index (χ2n) is 11.1. The predicted octanol–water partition coefficient (Wildman–Crippen LogP) is 8.73. The van der Waals surface area contributed by atoms with Crippen molar-refractivity contribution in [3.63, 3.8) is 0 Å². The van der Waals surface area contributed by atoms with Crippen molar-refractivity contribution in [2.45, 2.75) is 10.1 Å². The van der Waals surface area contributed by atoms with Crippen molar-refractivity contribution in [1.82, 2.24) is 5.32 Å². The maximum Gasteiger partial charge on any atom is 0.272 e. The van der Waals surface area contributed by atoms with Crippen molar-refractivity contribution >= 4 is 57.7 Å². The molecule has 0 aromatic heterocycles. The number of fused-ring (bicyclic) bond motifs is 1. The lowest BCUT2D eigenvalue weighted by molar-refractivity contribution is -0.116. The first-order valence-electron chi connectivity index (χ1n) is 15.6. The van der Waals surface area contributed by atoms with Gasteiger partial charge >= 0.3 is 0 Å². The molecule has 0 aliphatic heterocycles. The number of carbonyl (C=O) groups is 3. The van der Waals surface area contributed by atoms with E-state index in [9.17, 15) is 14.4 Å². The first-order valence-corrected chi connectivity index (χ1v) is 16.5. The molecule has 0 heterocycles. The number of amides is 3. The van der Waals surface area contributed by atoms with Crippen LogP contribution in [0.4, 0.5) is 11.4 Å². The van der Waals surface area contributed by atoms with E-state index >= 15 is 0 Å². The molecule has 6 aromatic rings. The van der Waals surface area contributed by atoms with Crippen LogP contribution in [0.5, 0.6) is 5.75 Å². The molecule has 0 radical (unpaired) electrons. The van der Waals surface area contributed by atoms with Crippen LogP contribution in [0.25, 0.3) is 16.8 Å². The summed E-state index contributed by atoms with van der Waals surface area (Å²) in [5.74, 6) is -0.418. The number of rotatable bonds is 11. The summed E-state index contributed by atoms with van der Waals surface area (Å²) >= 11 is 1.38. The van der Waals surface area contributed by atoms with Crippen molar-refractivity contribution in [2.75, 3.05) is 17.7 Å². The Morgan fingerprint density at radius 3 is 2.06 bits per heavy atom. The molecule has 49 heavy (non-hydrogen) atoms. The highest BCUT2D eigenvalue weighted by Crippen LogP contribution is 2.37. The van der Waals surface area contributed by atoms with Crippen molar-refractivity contribution in [3.8, 4) is 5.75 Å². The zero-order chi connectivity index (χ0) is 34.0. The van der Waals surface area contributed by atoms with E-state index in [2.05, 4.69) is 16.0 Å². The minimum absolute atomic E-state index is 0.0639. The Labute approximate surface area is 289 Å². The van der Waals surface area contributed by atoms with Crippen molar-refractivity contribution in [1.29, 1.82) is 0 Å². The molecule has 0 aliphatic rings. The third kappa shape index (κ3) is 8.62. The predicted molar refractivity (Wildman–Crippen MR) is 198 cm³/mol. The van der Waals surface area contributed by atoms with Crippen LogP contribution in [0.15, 0.2) is 162 Å². The lowest BCUT2D eigenvalue weighted by Crippen LogP contribution is -2.30. The molecule has 3 amide bonds. The Bertz CT molecular complexity index is 2120. The second-order valence-corrected chi connectivity index (χ2v) is 12.3. The summed E-state index contributed by atoms with van der Waals surface area (Å²) in [6.07, 6.45) is 1.61. The van der Waals surface area contributed by atoms with E-state index in [4.69, 9.17) is 4.74 Å². The molecule has 1 unspecified atom stereocenters. The molecule has 3 N–H and O–H groups in total. The van der Waals surface area contributed by atoms with Gasteiger partial charge in [0.25, 0.3) is 11.8 Å². The Balaban J connectivity index is 1.23. The van der Waals surface area contributed by atoms with Crippen LogP contribution in [-0.4, -0.2) is 24.8 Å². The van der Waals surface area contributed by atoms with Crippen molar-refractivity contribution in [2.24, 2.45) is 0 Å². The number of thioether (sulfide) groups is 1. The maximum atomic E-state index is 13.8. The first kappa shape index (κ1) is 32.8. The van der Waals surface area contributed by atoms with E-state index in [0.29, 0.717) is 28.3 Å². The van der Waals surface area contributed by atoms with Crippen LogP contribution in [-0.2, 0) is 9.59 Å². The van der Waals surface area contributed by atoms with Crippen LogP contribution >= 0.6 is 11.8 Å². The number of ether oxygens (including phenoxy) is 1. The monoisotopic (exact) mass is 663 g/mol. The Hall–Kier alpha value is -6.12. The van der Waals surface area contributed by atoms with Crippen LogP contribution in [0.2, 0.25) is 0 Å². The zero-order valence-electron chi connectivity index (χ0n) is 26.6. The zero-order valence-corrected chi connectivity index (χ0v) is 27.4. The Kier molecular flexibility index (Phi) is 10.5. The highest BCUT2D eigenvalue weighted by Gasteiger charge is 2.23. The highest BCUT2D eigenvalue weighted by molar-refractivity contribution is 8.00. The largest absolute Gasteiger partial charge is 0.497 e. The number of carbonyl (C=O) groups excluding carboxylic acids is 3. The SMILES string of the molecule is COc1ccc(/C=C(/NC(=O)c2ccccc2)C(=O)Nc2cccc(SC(C(=O)Nc3ccc4ccccc4c3)c3ccccc3)c2)cc1. The number of methoxy groups -OCH3 is 1. The van der Waals surface area contributed by atoms with Gasteiger partial charge in [0.15, 0.2) is 0 Å². The summed E-state index contributed by atoms with van der Waals surface area (Å²) in [5, 5.41) is 10.3. The quantitative estimate of drug-likeness (QED) is 0.0952. The van der Waals surface area contributed by atoms with Gasteiger partial charge in [0.2, 0.25) is 5.91 Å². The van der Waals surface area contributed by atoms with Gasteiger partial charge in [-0.1, -0.05) is 97.1 Å². The molecule has 0 saturated heterocycles. The lowest BCUT2D eigenvalue weighted by Gasteiger charge is -2.18. The Morgan fingerprint density at radius 1 is 0.653 bits per heavy atom. The van der Waals surface area contributed by atoms with Gasteiger partial charge in [-0.25, -0.2) is 0 Å². The van der Waals surface area contributed by atoms with Gasteiger partial charge < -0.3 is 20.7 Å². The molecule has 6 rings (SSSR count). The second kappa shape index (κ2) is 15.6. The van der Waals surface area contributed by atoms with Gasteiger partial charge in [0.05, 0.1) is 7.11 Å². The summed E-state index contributed by atoms with van der Waals surface area (Å²) in [4.78, 5) is 41.3. The highest BCUT2D eigenvalue weighted by atomic mass is 32.2. The minimum atomic E-state index is -0.575. The maximum absolute atomic E-state index is 13.8. The van der Waals surface area contributed by atoms with Gasteiger partial charge in [0.1, 0.15) is 16.7 Å². The standard InChI is InChI=1S/C41H33N3O4S/c1-48-35-23-19-28(20-24-35)25-37(44-39(45)31-14-6-3-7-15-31)40(46)42-33-17-10-18-36(27-33)49-38(30-12-4-2-5-13-30)41(47)43-34-22-21-29-11-8-9-16-32(29)26-34/h2-27,38H,1H3,(H,42,46)(H,43,47)(H,44,45)/b37-25+. The number of anilines is 2. The fourth-order valence-electron chi connectivity index (χ4n) is 5.17. The van der Waals surface area contributed by atoms with E-state index in [0.717, 1.165) is 21.2 Å². The van der Waals surface area contributed by atoms with Crippen molar-refractivity contribution in [3.05, 3.63) is 174 Å². The van der Waals surface area contributed by atoms with E-state index in [-0.39, 0.29) is 11.6 Å². The molecule has 0 bridgehead atoms. The number of benzene rings is 6. The minimum Gasteiger partial charge on any atom is -0.497 e. The smallest absolute Gasteiger partial charge is 0.272 e. The van der Waals surface area contributed by atoms with Crippen LogP contribution in [0.1, 0.15) is 26.7 Å². The summed E-state index contributed by atoms with van der Waals surface area (Å²) in [6, 6.07) is 46.6. The summed E-state index contributed by atoms with van der Waals surface area (Å²) in [7, 11) is 1.58. The van der Waals surface area contributed by atoms with Gasteiger partial charge in [0, 0.05) is 21.8 Å². The van der Waals surface area contributed by atoms with E-state index < -0.39 is 17.1 Å². The summed E-state index contributed by atoms with van der Waals surface area (Å²) < 4.78 is 5.25. The summed E-state index contributed by atoms with van der Waals surface area (Å²) in [5.41, 5.74) is 3.24. The average Bonchev–Trinajstić information content (AvgIpc) is 3.14. The van der Waals surface area contributed by atoms with Crippen LogP contribution < -0.4 is 20.7 Å². The molecule has 8 heteroatoms. The molecular weight excluding hydrogens is 631 g/mol. The topological polar surface area (TPSA) is 96.5 Å². The lowest BCUT2D eigenvalue weighted by atomic mass is 10.1. The fraction of sp³-hybridized carbons (Fsp3) is 0.0488. The van der Waals surface area contributed by atoms with E-state index in [1.807, 2.05) is 97.1 Å². The number of hydrogen-bond acceptors (Lipinski definition) is 5. The fourth-order valence-corrected chi connectivity index (χ4v) is 6.25. The first-order chi connectivity index (χ1) is 23.9. The average molecular weight is 664 g/mol. The molecule has 7 nitrogen and oxygen atoms in total. The van der Waals surface area contributed by atoms with Gasteiger partial charge in [-0.3, -0.25) is 14.4 Å². The summed E-state index contributed by atoms with van der Waals surface area (Å²) in [6.45, 7) is 0. The molecule has 242 valence electrons. The van der Waals surface area contributed by atoms with Gasteiger partial charge in [-0.05, 0) is 82.6 Å². The molecular formula is C41H33N3O4S. The third-order valence-corrected chi connectivity index (χ3v) is 8.91. The number of hydrogen-bond donors (Lipinski definition) is 3. The normalized spacial score (nSPS) is 11.7. The number of nitrogens with one attached hydrogen (secondary N) is 3. The third-order valence-electron chi connectivity index (χ3n) is 7.66. The van der Waals surface area contributed by atoms with E-state index in [1.54, 1.807) is 67.8 Å². The molecule has 6 aromatic carbocycles. The van der Waals surface area contributed by atoms with Crippen LogP contribution in [0, 0.1) is 0 Å². The Morgan fingerprint density at radius 2 is 1.33 bits per heavy atom. The van der Waals surface area contributed by atoms with Gasteiger partial charge in [-0.2, -0.15) is 0 Å². The molecule has 0 saturated carbocycles. The molecule has 0 fully saturated rings. The molecule has 0 spiro atoms. The molecule has 1 atom stereocenters. The molecule has 0 aliphatic carbocycles. The van der Waals surface area contributed by atoms with Crippen LogP contribution in [0.3, 0.4) is 0 Å². The van der Waals surface area contributed by atoms with Crippen molar-refractivity contribution < 1.29 is 19.1 Å². The van der Waals surface area contributed by atoms with E-state index in [1.165, 1.54) is 11.8 Å². The van der Waals surface area contributed by atoms with Gasteiger partial charge in [-0.15, -0.1) is 11.8 Å².